The normalized spacial score (nSPS) is 10.5. The molecule has 2 rings (SSSR count). The first kappa shape index (κ1) is 7.67. The van der Waals surface area contributed by atoms with E-state index in [9.17, 15) is 4.79 Å². The largest absolute Gasteiger partial charge is 0.478 e. The fourth-order valence-corrected chi connectivity index (χ4v) is 1.30. The van der Waals surface area contributed by atoms with Crippen molar-refractivity contribution in [3.8, 4) is 0 Å². The molecule has 2 aromatic rings. The summed E-state index contributed by atoms with van der Waals surface area (Å²) in [5, 5.41) is 9.63. The molecule has 0 bridgehead atoms. The fourth-order valence-electron chi connectivity index (χ4n) is 1.30. The number of aromatic nitrogens is 1. The SMILES string of the molecule is Nc1cc2[nH]ccc2cc1C(=O)O. The summed E-state index contributed by atoms with van der Waals surface area (Å²) < 4.78 is 0. The van der Waals surface area contributed by atoms with Gasteiger partial charge < -0.3 is 15.8 Å². The van der Waals surface area contributed by atoms with E-state index < -0.39 is 5.97 Å². The van der Waals surface area contributed by atoms with Crippen molar-refractivity contribution in [3.63, 3.8) is 0 Å². The summed E-state index contributed by atoms with van der Waals surface area (Å²) >= 11 is 0. The van der Waals surface area contributed by atoms with Gasteiger partial charge in [-0.2, -0.15) is 0 Å². The molecule has 4 N–H and O–H groups in total. The molecule has 0 aliphatic rings. The molecule has 0 fully saturated rings. The molecule has 13 heavy (non-hydrogen) atoms. The third-order valence-corrected chi connectivity index (χ3v) is 1.95. The fraction of sp³-hybridized carbons (Fsp3) is 0. The Labute approximate surface area is 74.0 Å². The maximum Gasteiger partial charge on any atom is 0.337 e. The Balaban J connectivity index is 2.76. The first-order valence-corrected chi connectivity index (χ1v) is 3.78. The molecule has 0 amide bonds. The lowest BCUT2D eigenvalue weighted by Crippen LogP contribution is -2.01. The van der Waals surface area contributed by atoms with Gasteiger partial charge in [0.2, 0.25) is 0 Å². The second kappa shape index (κ2) is 2.52. The van der Waals surface area contributed by atoms with E-state index in [0.29, 0.717) is 0 Å². The summed E-state index contributed by atoms with van der Waals surface area (Å²) in [5.74, 6) is -0.999. The van der Waals surface area contributed by atoms with E-state index in [-0.39, 0.29) is 11.3 Å². The second-order valence-electron chi connectivity index (χ2n) is 2.81. The predicted octanol–water partition coefficient (Wildman–Crippen LogP) is 1.45. The number of aromatic amines is 1. The first-order valence-electron chi connectivity index (χ1n) is 3.78. The number of carboxylic acids is 1. The molecule has 0 unspecified atom stereocenters. The van der Waals surface area contributed by atoms with Crippen molar-refractivity contribution >= 4 is 22.6 Å². The molecular formula is C9H8N2O2. The summed E-state index contributed by atoms with van der Waals surface area (Å²) in [6, 6.07) is 4.99. The molecule has 4 nitrogen and oxygen atoms in total. The van der Waals surface area contributed by atoms with Crippen LogP contribution in [-0.2, 0) is 0 Å². The number of hydrogen-bond donors (Lipinski definition) is 3. The smallest absolute Gasteiger partial charge is 0.337 e. The average molecular weight is 176 g/mol. The molecule has 0 radical (unpaired) electrons. The summed E-state index contributed by atoms with van der Waals surface area (Å²) in [4.78, 5) is 13.7. The quantitative estimate of drug-likeness (QED) is 0.575. The van der Waals surface area contributed by atoms with Crippen molar-refractivity contribution < 1.29 is 9.90 Å². The van der Waals surface area contributed by atoms with Gasteiger partial charge in [0.25, 0.3) is 0 Å². The number of rotatable bonds is 1. The molecule has 0 spiro atoms. The van der Waals surface area contributed by atoms with Crippen molar-refractivity contribution in [1.29, 1.82) is 0 Å². The first-order chi connectivity index (χ1) is 6.18. The van der Waals surface area contributed by atoms with Gasteiger partial charge in [-0.25, -0.2) is 4.79 Å². The molecule has 1 aromatic heterocycles. The van der Waals surface area contributed by atoms with E-state index in [0.717, 1.165) is 10.9 Å². The van der Waals surface area contributed by atoms with Gasteiger partial charge >= 0.3 is 5.97 Å². The van der Waals surface area contributed by atoms with Crippen LogP contribution < -0.4 is 5.73 Å². The highest BCUT2D eigenvalue weighted by Gasteiger charge is 2.08. The van der Waals surface area contributed by atoms with Crippen LogP contribution in [0, 0.1) is 0 Å². The minimum Gasteiger partial charge on any atom is -0.478 e. The van der Waals surface area contributed by atoms with Gasteiger partial charge in [0.1, 0.15) is 0 Å². The number of carbonyl (C=O) groups is 1. The Bertz CT molecular complexity index is 473. The minimum atomic E-state index is -0.999. The van der Waals surface area contributed by atoms with E-state index in [4.69, 9.17) is 10.8 Å². The van der Waals surface area contributed by atoms with Crippen LogP contribution in [0.1, 0.15) is 10.4 Å². The Morgan fingerprint density at radius 3 is 2.92 bits per heavy atom. The van der Waals surface area contributed by atoms with Crippen LogP contribution in [-0.4, -0.2) is 16.1 Å². The number of benzene rings is 1. The van der Waals surface area contributed by atoms with Crippen LogP contribution in [0.3, 0.4) is 0 Å². The predicted molar refractivity (Wildman–Crippen MR) is 49.7 cm³/mol. The Hall–Kier alpha value is -1.97. The molecule has 0 aliphatic heterocycles. The number of nitrogen functional groups attached to an aromatic ring is 1. The molecule has 1 aromatic carbocycles. The van der Waals surface area contributed by atoms with E-state index >= 15 is 0 Å². The zero-order valence-corrected chi connectivity index (χ0v) is 6.74. The van der Waals surface area contributed by atoms with Gasteiger partial charge in [0.05, 0.1) is 5.56 Å². The van der Waals surface area contributed by atoms with Gasteiger partial charge in [-0.05, 0) is 18.2 Å². The Morgan fingerprint density at radius 2 is 2.23 bits per heavy atom. The number of H-pyrrole nitrogens is 1. The highest BCUT2D eigenvalue weighted by atomic mass is 16.4. The van der Waals surface area contributed by atoms with Gasteiger partial charge in [-0.1, -0.05) is 0 Å². The molecule has 0 aliphatic carbocycles. The standard InChI is InChI=1S/C9H8N2O2/c10-7-4-8-5(1-2-11-8)3-6(7)9(12)13/h1-4,11H,10H2,(H,12,13). The van der Waals surface area contributed by atoms with Gasteiger partial charge in [0, 0.05) is 22.8 Å². The number of carboxylic acid groups (broad SMARTS) is 1. The third kappa shape index (κ3) is 1.12. The van der Waals surface area contributed by atoms with E-state index in [1.165, 1.54) is 0 Å². The van der Waals surface area contributed by atoms with Crippen molar-refractivity contribution in [3.05, 3.63) is 30.0 Å². The van der Waals surface area contributed by atoms with Crippen molar-refractivity contribution in [2.24, 2.45) is 0 Å². The molecule has 4 heteroatoms. The van der Waals surface area contributed by atoms with Crippen LogP contribution in [0.15, 0.2) is 24.4 Å². The summed E-state index contributed by atoms with van der Waals surface area (Å²) in [6.45, 7) is 0. The lowest BCUT2D eigenvalue weighted by atomic mass is 10.1. The van der Waals surface area contributed by atoms with Crippen LogP contribution in [0.2, 0.25) is 0 Å². The van der Waals surface area contributed by atoms with Crippen molar-refractivity contribution in [2.45, 2.75) is 0 Å². The van der Waals surface area contributed by atoms with E-state index in [1.54, 1.807) is 24.4 Å². The highest BCUT2D eigenvalue weighted by Crippen LogP contribution is 2.20. The number of hydrogen-bond acceptors (Lipinski definition) is 2. The number of nitrogens with two attached hydrogens (primary N) is 1. The van der Waals surface area contributed by atoms with Gasteiger partial charge in [-0.3, -0.25) is 0 Å². The van der Waals surface area contributed by atoms with Crippen LogP contribution in [0.25, 0.3) is 10.9 Å². The Kier molecular flexibility index (Phi) is 1.48. The number of fused-ring (bicyclic) bond motifs is 1. The molecular weight excluding hydrogens is 168 g/mol. The van der Waals surface area contributed by atoms with Gasteiger partial charge in [-0.15, -0.1) is 0 Å². The summed E-state index contributed by atoms with van der Waals surface area (Å²) in [7, 11) is 0. The monoisotopic (exact) mass is 176 g/mol. The maximum atomic E-state index is 10.7. The van der Waals surface area contributed by atoms with Crippen LogP contribution in [0.5, 0.6) is 0 Å². The molecule has 66 valence electrons. The summed E-state index contributed by atoms with van der Waals surface area (Å²) in [6.07, 6.45) is 1.75. The molecule has 1 heterocycles. The molecule has 0 saturated heterocycles. The molecule has 0 atom stereocenters. The number of anilines is 1. The zero-order valence-electron chi connectivity index (χ0n) is 6.74. The Morgan fingerprint density at radius 1 is 1.46 bits per heavy atom. The lowest BCUT2D eigenvalue weighted by molar-refractivity contribution is 0.0698. The number of aromatic carboxylic acids is 1. The van der Waals surface area contributed by atoms with Crippen LogP contribution in [0.4, 0.5) is 5.69 Å². The highest BCUT2D eigenvalue weighted by molar-refractivity contribution is 5.99. The molecule has 0 saturated carbocycles. The second-order valence-corrected chi connectivity index (χ2v) is 2.81. The lowest BCUT2D eigenvalue weighted by Gasteiger charge is -1.99. The van der Waals surface area contributed by atoms with E-state index in [1.807, 2.05) is 0 Å². The van der Waals surface area contributed by atoms with E-state index in [2.05, 4.69) is 4.98 Å². The van der Waals surface area contributed by atoms with Crippen molar-refractivity contribution in [1.82, 2.24) is 4.98 Å². The number of nitrogens with one attached hydrogen (secondary N) is 1. The maximum absolute atomic E-state index is 10.7. The van der Waals surface area contributed by atoms with Crippen molar-refractivity contribution in [2.75, 3.05) is 5.73 Å². The minimum absolute atomic E-state index is 0.145. The third-order valence-electron chi connectivity index (χ3n) is 1.95. The average Bonchev–Trinajstić information content (AvgIpc) is 2.48. The zero-order chi connectivity index (χ0) is 9.42. The van der Waals surface area contributed by atoms with Gasteiger partial charge in [0.15, 0.2) is 0 Å². The topological polar surface area (TPSA) is 79.1 Å². The van der Waals surface area contributed by atoms with Crippen LogP contribution >= 0.6 is 0 Å². The summed E-state index contributed by atoms with van der Waals surface area (Å²) in [5.41, 5.74) is 6.82.